The summed E-state index contributed by atoms with van der Waals surface area (Å²) in [5.74, 6) is -0.180. The lowest BCUT2D eigenvalue weighted by molar-refractivity contribution is -0.123. The van der Waals surface area contributed by atoms with Crippen LogP contribution >= 0.6 is 0 Å². The number of halogens is 1. The number of sulfonamides is 1. The van der Waals surface area contributed by atoms with E-state index in [4.69, 9.17) is 4.74 Å². The van der Waals surface area contributed by atoms with Crippen molar-refractivity contribution in [3.8, 4) is 5.75 Å². The molecular weight excluding hydrogens is 383 g/mol. The summed E-state index contributed by atoms with van der Waals surface area (Å²) in [4.78, 5) is 12.0. The van der Waals surface area contributed by atoms with Gasteiger partial charge in [-0.3, -0.25) is 9.52 Å². The van der Waals surface area contributed by atoms with Gasteiger partial charge in [-0.2, -0.15) is 0 Å². The van der Waals surface area contributed by atoms with Gasteiger partial charge in [0, 0.05) is 11.7 Å². The fourth-order valence-electron chi connectivity index (χ4n) is 3.17. The molecule has 0 saturated heterocycles. The first-order chi connectivity index (χ1) is 13.3. The first-order valence-electron chi connectivity index (χ1n) is 9.15. The molecule has 1 fully saturated rings. The molecule has 28 heavy (non-hydrogen) atoms. The molecule has 1 saturated carbocycles. The zero-order chi connectivity index (χ0) is 20.1. The summed E-state index contributed by atoms with van der Waals surface area (Å²) in [6.07, 6.45) is 4.26. The Morgan fingerprint density at radius 2 is 1.82 bits per heavy atom. The molecule has 6 nitrogen and oxygen atoms in total. The van der Waals surface area contributed by atoms with Crippen molar-refractivity contribution in [3.63, 3.8) is 0 Å². The number of carbonyl (C=O) groups is 1. The molecule has 1 aliphatic carbocycles. The van der Waals surface area contributed by atoms with Crippen molar-refractivity contribution in [2.75, 3.05) is 11.3 Å². The van der Waals surface area contributed by atoms with Crippen molar-refractivity contribution in [3.05, 3.63) is 53.8 Å². The normalized spacial score (nSPS) is 14.6. The SMILES string of the molecule is Cc1cc(S(=O)(=O)Nc2ccc(F)cc2)ccc1OCC(=O)NC1CCCC1. The summed E-state index contributed by atoms with van der Waals surface area (Å²) in [6.45, 7) is 1.60. The third-order valence-corrected chi connectivity index (χ3v) is 6.01. The second kappa shape index (κ2) is 8.60. The molecule has 8 heteroatoms. The van der Waals surface area contributed by atoms with Crippen LogP contribution < -0.4 is 14.8 Å². The van der Waals surface area contributed by atoms with E-state index in [9.17, 15) is 17.6 Å². The number of carbonyl (C=O) groups excluding carboxylic acids is 1. The van der Waals surface area contributed by atoms with Gasteiger partial charge in [0.2, 0.25) is 0 Å². The third-order valence-electron chi connectivity index (χ3n) is 4.63. The first kappa shape index (κ1) is 20.1. The van der Waals surface area contributed by atoms with Gasteiger partial charge in [0.05, 0.1) is 4.90 Å². The Balaban J connectivity index is 1.62. The van der Waals surface area contributed by atoms with E-state index in [0.717, 1.165) is 25.7 Å². The van der Waals surface area contributed by atoms with Gasteiger partial charge >= 0.3 is 0 Å². The summed E-state index contributed by atoms with van der Waals surface area (Å²) in [6, 6.07) is 9.67. The zero-order valence-corrected chi connectivity index (χ0v) is 16.4. The van der Waals surface area contributed by atoms with Crippen LogP contribution in [0.15, 0.2) is 47.4 Å². The highest BCUT2D eigenvalue weighted by Crippen LogP contribution is 2.24. The summed E-state index contributed by atoms with van der Waals surface area (Å²) >= 11 is 0. The maximum absolute atomic E-state index is 13.0. The van der Waals surface area contributed by atoms with Crippen LogP contribution in [0.4, 0.5) is 10.1 Å². The Morgan fingerprint density at radius 1 is 1.14 bits per heavy atom. The average Bonchev–Trinajstić information content (AvgIpc) is 3.15. The lowest BCUT2D eigenvalue weighted by Crippen LogP contribution is -2.36. The number of anilines is 1. The van der Waals surface area contributed by atoms with Crippen molar-refractivity contribution >= 4 is 21.6 Å². The fourth-order valence-corrected chi connectivity index (χ4v) is 4.31. The van der Waals surface area contributed by atoms with Gasteiger partial charge in [0.25, 0.3) is 15.9 Å². The van der Waals surface area contributed by atoms with E-state index in [2.05, 4.69) is 10.0 Å². The Labute approximate surface area is 164 Å². The number of amides is 1. The monoisotopic (exact) mass is 406 g/mol. The van der Waals surface area contributed by atoms with Crippen LogP contribution in [-0.2, 0) is 14.8 Å². The zero-order valence-electron chi connectivity index (χ0n) is 15.6. The third kappa shape index (κ3) is 5.22. The average molecular weight is 406 g/mol. The predicted molar refractivity (Wildman–Crippen MR) is 104 cm³/mol. The molecule has 2 aromatic rings. The Hall–Kier alpha value is -2.61. The number of hydrogen-bond donors (Lipinski definition) is 2. The Morgan fingerprint density at radius 3 is 2.46 bits per heavy atom. The van der Waals surface area contributed by atoms with E-state index in [-0.39, 0.29) is 29.1 Å². The van der Waals surface area contributed by atoms with Gasteiger partial charge in [-0.15, -0.1) is 0 Å². The number of aryl methyl sites for hydroxylation is 1. The highest BCUT2D eigenvalue weighted by atomic mass is 32.2. The number of hydrogen-bond acceptors (Lipinski definition) is 4. The molecule has 1 aliphatic rings. The van der Waals surface area contributed by atoms with Crippen molar-refractivity contribution in [1.29, 1.82) is 0 Å². The van der Waals surface area contributed by atoms with Crippen LogP contribution in [0.2, 0.25) is 0 Å². The van der Waals surface area contributed by atoms with Crippen LogP contribution in [0.3, 0.4) is 0 Å². The molecule has 0 spiro atoms. The van der Waals surface area contributed by atoms with Gasteiger partial charge in [-0.05, 0) is 67.8 Å². The molecule has 2 N–H and O–H groups in total. The molecule has 0 unspecified atom stereocenters. The van der Waals surface area contributed by atoms with Gasteiger partial charge in [-0.25, -0.2) is 12.8 Å². The molecule has 0 atom stereocenters. The maximum Gasteiger partial charge on any atom is 0.261 e. The second-order valence-corrected chi connectivity index (χ2v) is 8.56. The van der Waals surface area contributed by atoms with Crippen LogP contribution in [0.25, 0.3) is 0 Å². The number of nitrogens with one attached hydrogen (secondary N) is 2. The molecular formula is C20H23FN2O4S. The highest BCUT2D eigenvalue weighted by Gasteiger charge is 2.18. The van der Waals surface area contributed by atoms with E-state index in [1.54, 1.807) is 6.92 Å². The number of benzene rings is 2. The standard InChI is InChI=1S/C20H23FN2O4S/c1-14-12-18(28(25,26)23-17-8-6-15(21)7-9-17)10-11-19(14)27-13-20(24)22-16-4-2-3-5-16/h6-12,16,23H,2-5,13H2,1H3,(H,22,24). The Bertz CT molecular complexity index is 939. The predicted octanol–water partition coefficient (Wildman–Crippen LogP) is 3.37. The smallest absolute Gasteiger partial charge is 0.261 e. The lowest BCUT2D eigenvalue weighted by Gasteiger charge is -2.14. The second-order valence-electron chi connectivity index (χ2n) is 6.88. The molecule has 3 rings (SSSR count). The molecule has 0 radical (unpaired) electrons. The van der Waals surface area contributed by atoms with Crippen LogP contribution in [-0.4, -0.2) is 27.0 Å². The lowest BCUT2D eigenvalue weighted by atomic mass is 10.2. The topological polar surface area (TPSA) is 84.5 Å². The van der Waals surface area contributed by atoms with E-state index >= 15 is 0 Å². The van der Waals surface area contributed by atoms with Crippen molar-refractivity contribution < 1.29 is 22.3 Å². The number of rotatable bonds is 7. The molecule has 0 aromatic heterocycles. The Kier molecular flexibility index (Phi) is 6.18. The van der Waals surface area contributed by atoms with Gasteiger partial charge in [0.15, 0.2) is 6.61 Å². The van der Waals surface area contributed by atoms with Crippen molar-refractivity contribution in [1.82, 2.24) is 5.32 Å². The van der Waals surface area contributed by atoms with Gasteiger partial charge in [0.1, 0.15) is 11.6 Å². The molecule has 0 heterocycles. The molecule has 2 aromatic carbocycles. The minimum absolute atomic E-state index is 0.0529. The molecule has 150 valence electrons. The van der Waals surface area contributed by atoms with Gasteiger partial charge in [-0.1, -0.05) is 12.8 Å². The fraction of sp³-hybridized carbons (Fsp3) is 0.350. The molecule has 0 aliphatic heterocycles. The van der Waals surface area contributed by atoms with Crippen molar-refractivity contribution in [2.24, 2.45) is 0 Å². The van der Waals surface area contributed by atoms with Crippen molar-refractivity contribution in [2.45, 2.75) is 43.5 Å². The maximum atomic E-state index is 13.0. The molecule has 0 bridgehead atoms. The summed E-state index contributed by atoms with van der Waals surface area (Å²) in [7, 11) is -3.82. The summed E-state index contributed by atoms with van der Waals surface area (Å²) in [5, 5.41) is 2.94. The van der Waals surface area contributed by atoms with E-state index in [1.807, 2.05) is 0 Å². The van der Waals surface area contributed by atoms with Crippen LogP contribution in [0, 0.1) is 12.7 Å². The van der Waals surface area contributed by atoms with E-state index in [0.29, 0.717) is 11.3 Å². The number of ether oxygens (including phenoxy) is 1. The van der Waals surface area contributed by atoms with Gasteiger partial charge < -0.3 is 10.1 Å². The van der Waals surface area contributed by atoms with E-state index in [1.165, 1.54) is 42.5 Å². The summed E-state index contributed by atoms with van der Waals surface area (Å²) in [5.41, 5.74) is 0.860. The minimum atomic E-state index is -3.82. The highest BCUT2D eigenvalue weighted by molar-refractivity contribution is 7.92. The quantitative estimate of drug-likeness (QED) is 0.738. The van der Waals surface area contributed by atoms with E-state index < -0.39 is 15.8 Å². The first-order valence-corrected chi connectivity index (χ1v) is 10.6. The minimum Gasteiger partial charge on any atom is -0.484 e. The molecule has 1 amide bonds. The largest absolute Gasteiger partial charge is 0.484 e. The van der Waals surface area contributed by atoms with Crippen LogP contribution in [0.1, 0.15) is 31.2 Å². The summed E-state index contributed by atoms with van der Waals surface area (Å²) < 4.78 is 45.9. The van der Waals surface area contributed by atoms with Crippen LogP contribution in [0.5, 0.6) is 5.75 Å².